The van der Waals surface area contributed by atoms with Crippen LogP contribution in [0.3, 0.4) is 0 Å². The maximum absolute atomic E-state index is 12.3. The number of hydrogen-bond donors (Lipinski definition) is 2. The van der Waals surface area contributed by atoms with Gasteiger partial charge in [-0.25, -0.2) is 13.1 Å². The molecule has 0 saturated carbocycles. The number of amides is 1. The van der Waals surface area contributed by atoms with Gasteiger partial charge in [0, 0.05) is 25.6 Å². The third-order valence-corrected chi connectivity index (χ3v) is 4.84. The third-order valence-electron chi connectivity index (χ3n) is 4.07. The van der Waals surface area contributed by atoms with E-state index in [-0.39, 0.29) is 11.9 Å². The van der Waals surface area contributed by atoms with Crippen molar-refractivity contribution in [2.24, 2.45) is 11.7 Å². The van der Waals surface area contributed by atoms with Crippen LogP contribution in [0.1, 0.15) is 45.4 Å². The fraction of sp³-hybridized carbons (Fsp3) is 0.929. The first kappa shape index (κ1) is 18.4. The minimum Gasteiger partial charge on any atom is -0.341 e. The summed E-state index contributed by atoms with van der Waals surface area (Å²) < 4.78 is 25.2. The van der Waals surface area contributed by atoms with Gasteiger partial charge in [0.15, 0.2) is 0 Å². The monoisotopic (exact) mass is 319 g/mol. The van der Waals surface area contributed by atoms with Crippen molar-refractivity contribution in [2.45, 2.75) is 51.5 Å². The molecule has 1 saturated heterocycles. The van der Waals surface area contributed by atoms with E-state index in [0.717, 1.165) is 44.9 Å². The molecule has 2 atom stereocenters. The van der Waals surface area contributed by atoms with Crippen LogP contribution in [0.25, 0.3) is 0 Å². The lowest BCUT2D eigenvalue weighted by Gasteiger charge is -2.33. The molecule has 0 bridgehead atoms. The predicted molar refractivity (Wildman–Crippen MR) is 84.3 cm³/mol. The predicted octanol–water partition coefficient (Wildman–Crippen LogP) is 0.682. The van der Waals surface area contributed by atoms with E-state index in [1.54, 1.807) is 4.90 Å². The van der Waals surface area contributed by atoms with Crippen molar-refractivity contribution in [3.8, 4) is 0 Å². The number of rotatable bonds is 8. The van der Waals surface area contributed by atoms with Crippen molar-refractivity contribution in [1.82, 2.24) is 9.62 Å². The highest BCUT2D eigenvalue weighted by Gasteiger charge is 2.25. The maximum Gasteiger partial charge on any atom is 0.222 e. The molecular weight excluding hydrogens is 290 g/mol. The van der Waals surface area contributed by atoms with Gasteiger partial charge in [0.2, 0.25) is 15.9 Å². The molecule has 6 nitrogen and oxygen atoms in total. The van der Waals surface area contributed by atoms with Crippen LogP contribution in [-0.2, 0) is 14.8 Å². The Bertz CT molecular complexity index is 425. The van der Waals surface area contributed by atoms with E-state index in [1.165, 1.54) is 0 Å². The second-order valence-corrected chi connectivity index (χ2v) is 7.74. The van der Waals surface area contributed by atoms with Crippen LogP contribution >= 0.6 is 0 Å². The van der Waals surface area contributed by atoms with Crippen LogP contribution in [0.5, 0.6) is 0 Å². The topological polar surface area (TPSA) is 92.5 Å². The van der Waals surface area contributed by atoms with Gasteiger partial charge in [-0.3, -0.25) is 4.79 Å². The van der Waals surface area contributed by atoms with Crippen molar-refractivity contribution >= 4 is 15.9 Å². The van der Waals surface area contributed by atoms with E-state index in [1.807, 2.05) is 0 Å². The van der Waals surface area contributed by atoms with Crippen LogP contribution in [0, 0.1) is 5.92 Å². The lowest BCUT2D eigenvalue weighted by atomic mass is 9.96. The van der Waals surface area contributed by atoms with E-state index >= 15 is 0 Å². The number of hydrogen-bond acceptors (Lipinski definition) is 4. The number of piperidine rings is 1. The summed E-state index contributed by atoms with van der Waals surface area (Å²) in [6.07, 6.45) is 6.20. The molecule has 1 aliphatic heterocycles. The number of likely N-dealkylation sites (tertiary alicyclic amines) is 1. The Morgan fingerprint density at radius 1 is 1.43 bits per heavy atom. The van der Waals surface area contributed by atoms with Crippen LogP contribution in [0.4, 0.5) is 0 Å². The van der Waals surface area contributed by atoms with Crippen LogP contribution in [-0.4, -0.2) is 51.2 Å². The van der Waals surface area contributed by atoms with Gasteiger partial charge in [0.1, 0.15) is 0 Å². The molecule has 1 rings (SSSR count). The van der Waals surface area contributed by atoms with Crippen molar-refractivity contribution < 1.29 is 13.2 Å². The first-order valence-corrected chi connectivity index (χ1v) is 9.70. The zero-order valence-electron chi connectivity index (χ0n) is 13.2. The highest BCUT2D eigenvalue weighted by atomic mass is 32.2. The number of carbonyl (C=O) groups excluding carboxylic acids is 1. The van der Waals surface area contributed by atoms with Crippen LogP contribution in [0.15, 0.2) is 0 Å². The fourth-order valence-electron chi connectivity index (χ4n) is 2.88. The van der Waals surface area contributed by atoms with Crippen molar-refractivity contribution in [3.63, 3.8) is 0 Å². The molecule has 3 N–H and O–H groups in total. The number of sulfonamides is 1. The number of nitrogens with two attached hydrogens (primary N) is 1. The highest BCUT2D eigenvalue weighted by Crippen LogP contribution is 2.17. The molecule has 0 aromatic carbocycles. The maximum atomic E-state index is 12.3. The summed E-state index contributed by atoms with van der Waals surface area (Å²) in [5.41, 5.74) is 5.57. The highest BCUT2D eigenvalue weighted by molar-refractivity contribution is 7.88. The SMILES string of the molecule is CCC(CCN)CCC(=O)N1CCCC(NS(C)(=O)=O)C1. The van der Waals surface area contributed by atoms with Gasteiger partial charge < -0.3 is 10.6 Å². The average Bonchev–Trinajstić information content (AvgIpc) is 2.41. The second-order valence-electron chi connectivity index (χ2n) is 5.96. The summed E-state index contributed by atoms with van der Waals surface area (Å²) in [5.74, 6) is 0.638. The van der Waals surface area contributed by atoms with E-state index in [4.69, 9.17) is 5.73 Å². The summed E-state index contributed by atoms with van der Waals surface area (Å²) in [5, 5.41) is 0. The summed E-state index contributed by atoms with van der Waals surface area (Å²) in [4.78, 5) is 14.0. The van der Waals surface area contributed by atoms with E-state index in [2.05, 4.69) is 11.6 Å². The standard InChI is InChI=1S/C14H29N3O3S/c1-3-12(8-9-15)6-7-14(18)17-10-4-5-13(11-17)16-21(2,19)20/h12-13,16H,3-11,15H2,1-2H3. The Labute approximate surface area is 128 Å². The van der Waals surface area contributed by atoms with Gasteiger partial charge in [-0.05, 0) is 38.1 Å². The fourth-order valence-corrected chi connectivity index (χ4v) is 3.67. The van der Waals surface area contributed by atoms with E-state index in [9.17, 15) is 13.2 Å². The largest absolute Gasteiger partial charge is 0.341 e. The molecule has 0 aliphatic carbocycles. The van der Waals surface area contributed by atoms with Gasteiger partial charge in [-0.1, -0.05) is 13.3 Å². The van der Waals surface area contributed by atoms with Crippen molar-refractivity contribution in [2.75, 3.05) is 25.9 Å². The van der Waals surface area contributed by atoms with Crippen LogP contribution in [0.2, 0.25) is 0 Å². The third kappa shape index (κ3) is 7.24. The molecule has 0 aromatic heterocycles. The molecule has 1 fully saturated rings. The minimum absolute atomic E-state index is 0.130. The Kier molecular flexibility index (Phi) is 7.62. The summed E-state index contributed by atoms with van der Waals surface area (Å²) in [7, 11) is -3.21. The Hall–Kier alpha value is -0.660. The normalized spacial score (nSPS) is 21.3. The Balaban J connectivity index is 2.43. The zero-order valence-corrected chi connectivity index (χ0v) is 14.0. The minimum atomic E-state index is -3.21. The quantitative estimate of drug-likeness (QED) is 0.688. The average molecular weight is 319 g/mol. The number of carbonyl (C=O) groups is 1. The number of nitrogens with zero attached hydrogens (tertiary/aromatic N) is 1. The molecule has 1 aliphatic rings. The molecular formula is C14H29N3O3S. The van der Waals surface area contributed by atoms with Gasteiger partial charge in [-0.2, -0.15) is 0 Å². The van der Waals surface area contributed by atoms with Gasteiger partial charge in [0.25, 0.3) is 0 Å². The summed E-state index contributed by atoms with van der Waals surface area (Å²) in [6, 6.07) is -0.149. The van der Waals surface area contributed by atoms with Crippen molar-refractivity contribution in [1.29, 1.82) is 0 Å². The number of nitrogens with one attached hydrogen (secondary N) is 1. The van der Waals surface area contributed by atoms with Gasteiger partial charge >= 0.3 is 0 Å². The lowest BCUT2D eigenvalue weighted by Crippen LogP contribution is -2.49. The summed E-state index contributed by atoms with van der Waals surface area (Å²) >= 11 is 0. The van der Waals surface area contributed by atoms with Crippen molar-refractivity contribution in [3.05, 3.63) is 0 Å². The molecule has 0 radical (unpaired) electrons. The second kappa shape index (κ2) is 8.70. The Morgan fingerprint density at radius 2 is 2.14 bits per heavy atom. The first-order chi connectivity index (χ1) is 9.85. The molecule has 124 valence electrons. The molecule has 21 heavy (non-hydrogen) atoms. The zero-order chi connectivity index (χ0) is 15.9. The Morgan fingerprint density at radius 3 is 2.71 bits per heavy atom. The smallest absolute Gasteiger partial charge is 0.222 e. The van der Waals surface area contributed by atoms with Crippen LogP contribution < -0.4 is 10.5 Å². The molecule has 1 amide bonds. The molecule has 1 heterocycles. The van der Waals surface area contributed by atoms with Gasteiger partial charge in [-0.15, -0.1) is 0 Å². The molecule has 7 heteroatoms. The van der Waals surface area contributed by atoms with E-state index < -0.39 is 10.0 Å². The van der Waals surface area contributed by atoms with Gasteiger partial charge in [0.05, 0.1) is 6.26 Å². The summed E-state index contributed by atoms with van der Waals surface area (Å²) in [6.45, 7) is 4.00. The first-order valence-electron chi connectivity index (χ1n) is 7.80. The molecule has 0 spiro atoms. The molecule has 2 unspecified atom stereocenters. The van der Waals surface area contributed by atoms with E-state index in [0.29, 0.717) is 25.4 Å². The lowest BCUT2D eigenvalue weighted by molar-refractivity contribution is -0.132. The molecule has 0 aromatic rings.